The Hall–Kier alpha value is -2.87. The summed E-state index contributed by atoms with van der Waals surface area (Å²) in [6.07, 6.45) is 1.06. The van der Waals surface area contributed by atoms with Gasteiger partial charge >= 0.3 is 5.97 Å². The number of anilines is 2. The van der Waals surface area contributed by atoms with Crippen molar-refractivity contribution in [3.8, 4) is 0 Å². The standard InChI is InChI=1S/C20H24N2O5S/c1-5-27-20(24)16-11-12-18(14(2)13-16)21-19(23)15(3)22(28(4,25)26)17-9-7-6-8-10-17/h6-13,15H,5H2,1-4H3,(H,21,23)/t15-/m1/s1. The predicted molar refractivity (Wildman–Crippen MR) is 109 cm³/mol. The Morgan fingerprint density at radius 1 is 1.14 bits per heavy atom. The molecular formula is C20H24N2O5S. The second-order valence-electron chi connectivity index (χ2n) is 6.31. The van der Waals surface area contributed by atoms with Gasteiger partial charge in [-0.15, -0.1) is 0 Å². The van der Waals surface area contributed by atoms with Crippen LogP contribution in [0.4, 0.5) is 11.4 Å². The zero-order valence-electron chi connectivity index (χ0n) is 16.3. The van der Waals surface area contributed by atoms with Gasteiger partial charge in [-0.3, -0.25) is 9.10 Å². The van der Waals surface area contributed by atoms with E-state index in [4.69, 9.17) is 4.74 Å². The summed E-state index contributed by atoms with van der Waals surface area (Å²) in [5, 5.41) is 2.73. The summed E-state index contributed by atoms with van der Waals surface area (Å²) in [6, 6.07) is 12.2. The van der Waals surface area contributed by atoms with E-state index < -0.39 is 27.9 Å². The highest BCUT2D eigenvalue weighted by molar-refractivity contribution is 7.92. The molecule has 0 heterocycles. The number of rotatable bonds is 7. The van der Waals surface area contributed by atoms with E-state index in [0.717, 1.165) is 10.6 Å². The third-order valence-electron chi connectivity index (χ3n) is 4.09. The van der Waals surface area contributed by atoms with Crippen molar-refractivity contribution in [2.24, 2.45) is 0 Å². The van der Waals surface area contributed by atoms with Crippen molar-refractivity contribution < 1.29 is 22.7 Å². The molecule has 0 saturated heterocycles. The molecule has 0 unspecified atom stereocenters. The summed E-state index contributed by atoms with van der Waals surface area (Å²) in [5.74, 6) is -0.926. The van der Waals surface area contributed by atoms with Crippen molar-refractivity contribution in [1.29, 1.82) is 0 Å². The number of para-hydroxylation sites is 1. The molecule has 0 bridgehead atoms. The molecule has 2 rings (SSSR count). The van der Waals surface area contributed by atoms with Crippen molar-refractivity contribution in [3.63, 3.8) is 0 Å². The summed E-state index contributed by atoms with van der Waals surface area (Å²) in [6.45, 7) is 5.26. The lowest BCUT2D eigenvalue weighted by Gasteiger charge is -2.28. The second kappa shape index (κ2) is 8.88. The van der Waals surface area contributed by atoms with E-state index in [0.29, 0.717) is 22.5 Å². The van der Waals surface area contributed by atoms with Crippen molar-refractivity contribution in [3.05, 3.63) is 59.7 Å². The Kier molecular flexibility index (Phi) is 6.80. The minimum Gasteiger partial charge on any atom is -0.462 e. The fourth-order valence-corrected chi connectivity index (χ4v) is 3.94. The van der Waals surface area contributed by atoms with Crippen LogP contribution in [0.25, 0.3) is 0 Å². The van der Waals surface area contributed by atoms with Gasteiger partial charge in [-0.2, -0.15) is 0 Å². The second-order valence-corrected chi connectivity index (χ2v) is 8.17. The smallest absolute Gasteiger partial charge is 0.338 e. The maximum absolute atomic E-state index is 12.7. The average molecular weight is 404 g/mol. The molecule has 0 aliphatic heterocycles. The van der Waals surface area contributed by atoms with Crippen LogP contribution in [0.5, 0.6) is 0 Å². The van der Waals surface area contributed by atoms with Crippen molar-refractivity contribution in [2.75, 3.05) is 22.5 Å². The summed E-state index contributed by atoms with van der Waals surface area (Å²) >= 11 is 0. The van der Waals surface area contributed by atoms with Crippen LogP contribution in [0.15, 0.2) is 48.5 Å². The van der Waals surface area contributed by atoms with Crippen LogP contribution < -0.4 is 9.62 Å². The van der Waals surface area contributed by atoms with Gasteiger partial charge in [0.05, 0.1) is 24.1 Å². The summed E-state index contributed by atoms with van der Waals surface area (Å²) in [5.41, 5.74) is 1.94. The number of aryl methyl sites for hydroxylation is 1. The van der Waals surface area contributed by atoms with Gasteiger partial charge in [0.15, 0.2) is 0 Å². The van der Waals surface area contributed by atoms with Crippen LogP contribution in [0.2, 0.25) is 0 Å². The zero-order valence-corrected chi connectivity index (χ0v) is 17.1. The number of amides is 1. The molecule has 0 spiro atoms. The van der Waals surface area contributed by atoms with E-state index in [1.165, 1.54) is 6.92 Å². The van der Waals surface area contributed by atoms with Gasteiger partial charge in [-0.05, 0) is 56.7 Å². The van der Waals surface area contributed by atoms with Gasteiger partial charge in [0.1, 0.15) is 6.04 Å². The first kappa shape index (κ1) is 21.4. The van der Waals surface area contributed by atoms with Crippen molar-refractivity contribution >= 4 is 33.3 Å². The highest BCUT2D eigenvalue weighted by Gasteiger charge is 2.29. The normalized spacial score (nSPS) is 12.1. The number of benzene rings is 2. The van der Waals surface area contributed by atoms with E-state index >= 15 is 0 Å². The van der Waals surface area contributed by atoms with Crippen LogP contribution in [0.1, 0.15) is 29.8 Å². The minimum absolute atomic E-state index is 0.273. The van der Waals surface area contributed by atoms with Gasteiger partial charge in [0.25, 0.3) is 0 Å². The predicted octanol–water partition coefficient (Wildman–Crippen LogP) is 2.96. The van der Waals surface area contributed by atoms with Gasteiger partial charge in [0.2, 0.25) is 15.9 Å². The lowest BCUT2D eigenvalue weighted by molar-refractivity contribution is -0.116. The summed E-state index contributed by atoms with van der Waals surface area (Å²) in [4.78, 5) is 24.6. The fourth-order valence-electron chi connectivity index (χ4n) is 2.77. The third kappa shape index (κ3) is 5.10. The lowest BCUT2D eigenvalue weighted by atomic mass is 10.1. The SMILES string of the molecule is CCOC(=O)c1ccc(NC(=O)[C@@H](C)N(c2ccccc2)S(C)(=O)=O)c(C)c1. The number of hydrogen-bond donors (Lipinski definition) is 1. The number of sulfonamides is 1. The van der Waals surface area contributed by atoms with Crippen molar-refractivity contribution in [2.45, 2.75) is 26.8 Å². The van der Waals surface area contributed by atoms with E-state index in [9.17, 15) is 18.0 Å². The molecule has 7 nitrogen and oxygen atoms in total. The molecule has 0 saturated carbocycles. The quantitative estimate of drug-likeness (QED) is 0.716. The molecule has 0 radical (unpaired) electrons. The fraction of sp³-hybridized carbons (Fsp3) is 0.300. The average Bonchev–Trinajstić information content (AvgIpc) is 2.63. The topological polar surface area (TPSA) is 92.8 Å². The van der Waals surface area contributed by atoms with Gasteiger partial charge in [-0.1, -0.05) is 18.2 Å². The van der Waals surface area contributed by atoms with Crippen LogP contribution in [0.3, 0.4) is 0 Å². The molecule has 1 atom stereocenters. The third-order valence-corrected chi connectivity index (χ3v) is 5.34. The van der Waals surface area contributed by atoms with E-state index in [1.807, 2.05) is 0 Å². The number of nitrogens with one attached hydrogen (secondary N) is 1. The first-order chi connectivity index (χ1) is 13.1. The van der Waals surface area contributed by atoms with E-state index in [2.05, 4.69) is 5.32 Å². The number of hydrogen-bond acceptors (Lipinski definition) is 5. The number of nitrogens with zero attached hydrogens (tertiary/aromatic N) is 1. The molecule has 1 amide bonds. The van der Waals surface area contributed by atoms with Gasteiger partial charge in [-0.25, -0.2) is 13.2 Å². The monoisotopic (exact) mass is 404 g/mol. The maximum Gasteiger partial charge on any atom is 0.338 e. The molecule has 2 aromatic carbocycles. The lowest BCUT2D eigenvalue weighted by Crippen LogP contribution is -2.45. The molecule has 1 N–H and O–H groups in total. The number of carbonyl (C=O) groups excluding carboxylic acids is 2. The molecule has 150 valence electrons. The molecular weight excluding hydrogens is 380 g/mol. The Morgan fingerprint density at radius 3 is 2.32 bits per heavy atom. The Morgan fingerprint density at radius 2 is 1.79 bits per heavy atom. The van der Waals surface area contributed by atoms with Gasteiger partial charge in [0, 0.05) is 5.69 Å². The first-order valence-electron chi connectivity index (χ1n) is 8.78. The van der Waals surface area contributed by atoms with Crippen LogP contribution >= 0.6 is 0 Å². The van der Waals surface area contributed by atoms with Gasteiger partial charge < -0.3 is 10.1 Å². The Balaban J connectivity index is 2.24. The number of ether oxygens (including phenoxy) is 1. The Bertz CT molecular complexity index is 958. The zero-order chi connectivity index (χ0) is 20.9. The maximum atomic E-state index is 12.7. The molecule has 28 heavy (non-hydrogen) atoms. The first-order valence-corrected chi connectivity index (χ1v) is 10.6. The molecule has 8 heteroatoms. The Labute approximate surface area is 165 Å². The largest absolute Gasteiger partial charge is 0.462 e. The molecule has 0 aliphatic rings. The van der Waals surface area contributed by atoms with Crippen LogP contribution in [-0.2, 0) is 19.6 Å². The highest BCUT2D eigenvalue weighted by Crippen LogP contribution is 2.22. The highest BCUT2D eigenvalue weighted by atomic mass is 32.2. The summed E-state index contributed by atoms with van der Waals surface area (Å²) in [7, 11) is -3.68. The summed E-state index contributed by atoms with van der Waals surface area (Å²) < 4.78 is 30.6. The van der Waals surface area contributed by atoms with Crippen LogP contribution in [-0.4, -0.2) is 39.2 Å². The van der Waals surface area contributed by atoms with Crippen LogP contribution in [0, 0.1) is 6.92 Å². The number of carbonyl (C=O) groups is 2. The number of esters is 1. The molecule has 2 aromatic rings. The molecule has 0 fully saturated rings. The van der Waals surface area contributed by atoms with Crippen molar-refractivity contribution in [1.82, 2.24) is 0 Å². The minimum atomic E-state index is -3.68. The molecule has 0 aromatic heterocycles. The molecule has 0 aliphatic carbocycles. The van der Waals surface area contributed by atoms with E-state index in [1.54, 1.807) is 62.4 Å². The van der Waals surface area contributed by atoms with E-state index in [-0.39, 0.29) is 6.61 Å².